The van der Waals surface area contributed by atoms with Gasteiger partial charge in [0.1, 0.15) is 0 Å². The van der Waals surface area contributed by atoms with Crippen LogP contribution < -0.4 is 0 Å². The summed E-state index contributed by atoms with van der Waals surface area (Å²) in [5, 5.41) is 11.1. The summed E-state index contributed by atoms with van der Waals surface area (Å²) in [4.78, 5) is 14.4. The van der Waals surface area contributed by atoms with Crippen LogP contribution in [-0.4, -0.2) is 62.2 Å². The van der Waals surface area contributed by atoms with Gasteiger partial charge in [-0.25, -0.2) is 0 Å². The first-order chi connectivity index (χ1) is 22.5. The Labute approximate surface area is 304 Å². The van der Waals surface area contributed by atoms with E-state index in [1.165, 1.54) is 65.2 Å². The van der Waals surface area contributed by atoms with Crippen LogP contribution in [0.5, 0.6) is 0 Å². The van der Waals surface area contributed by atoms with Crippen LogP contribution in [0.25, 0.3) is 0 Å². The fraction of sp³-hybridized carbons (Fsp3) is 0.488. The molecule has 3 aliphatic rings. The smallest absolute Gasteiger partial charge is 0.0983 e. The molecule has 0 aromatic heterocycles. The van der Waals surface area contributed by atoms with Crippen LogP contribution in [0.3, 0.4) is 0 Å². The molecule has 3 aromatic rings. The first kappa shape index (κ1) is 40.1. The fourth-order valence-corrected chi connectivity index (χ4v) is 8.55. The predicted octanol–water partition coefficient (Wildman–Crippen LogP) is 10.3. The molecule has 3 aromatic carbocycles. The van der Waals surface area contributed by atoms with Crippen LogP contribution in [0.1, 0.15) is 98.5 Å². The van der Waals surface area contributed by atoms with E-state index in [-0.39, 0.29) is 23.2 Å². The minimum atomic E-state index is 0.0530. The van der Waals surface area contributed by atoms with Crippen molar-refractivity contribution in [3.63, 3.8) is 0 Å². The SMILES string of the molecule is CCO.CSC1=NC(C)(C)Cc2c(C)cccc21.CSC1=NC(C)(C)Cc2c(C)cccc21.CSC1=NC(C)(C)Cc2c(C)cccc21. The van der Waals surface area contributed by atoms with Crippen molar-refractivity contribution in [3.05, 3.63) is 105 Å². The molecule has 48 heavy (non-hydrogen) atoms. The van der Waals surface area contributed by atoms with Gasteiger partial charge in [-0.2, -0.15) is 0 Å². The Hall–Kier alpha value is -2.32. The number of hydrogen-bond acceptors (Lipinski definition) is 7. The molecular weight excluding hydrogens is 647 g/mol. The second kappa shape index (κ2) is 17.1. The second-order valence-electron chi connectivity index (χ2n) is 14.5. The number of nitrogens with zero attached hydrogens (tertiary/aromatic N) is 3. The van der Waals surface area contributed by atoms with Gasteiger partial charge in [0.2, 0.25) is 0 Å². The third kappa shape index (κ3) is 10.3. The highest BCUT2D eigenvalue weighted by atomic mass is 32.2. The van der Waals surface area contributed by atoms with Crippen molar-refractivity contribution >= 4 is 50.4 Å². The summed E-state index contributed by atoms with van der Waals surface area (Å²) in [5.74, 6) is 0. The van der Waals surface area contributed by atoms with Crippen LogP contribution >= 0.6 is 35.3 Å². The summed E-state index contributed by atoms with van der Waals surface area (Å²) in [6.45, 7) is 21.8. The first-order valence-corrected chi connectivity index (χ1v) is 20.5. The van der Waals surface area contributed by atoms with Crippen LogP contribution in [-0.2, 0) is 19.3 Å². The molecule has 0 amide bonds. The zero-order chi connectivity index (χ0) is 35.9. The molecule has 0 spiro atoms. The summed E-state index contributed by atoms with van der Waals surface area (Å²) in [6, 6.07) is 19.5. The molecule has 0 unspecified atom stereocenters. The van der Waals surface area contributed by atoms with Gasteiger partial charge in [-0.1, -0.05) is 54.6 Å². The Kier molecular flexibility index (Phi) is 14.3. The summed E-state index contributed by atoms with van der Waals surface area (Å²) >= 11 is 5.25. The van der Waals surface area contributed by atoms with E-state index in [9.17, 15) is 0 Å². The minimum absolute atomic E-state index is 0.0530. The Morgan fingerprint density at radius 1 is 0.521 bits per heavy atom. The maximum absolute atomic E-state index is 7.57. The zero-order valence-corrected chi connectivity index (χ0v) is 34.0. The highest BCUT2D eigenvalue weighted by Crippen LogP contribution is 2.34. The number of aliphatic hydroxyl groups is 1. The van der Waals surface area contributed by atoms with Gasteiger partial charge >= 0.3 is 0 Å². The van der Waals surface area contributed by atoms with Gasteiger partial charge in [0.15, 0.2) is 0 Å². The van der Waals surface area contributed by atoms with Crippen molar-refractivity contribution in [3.8, 4) is 0 Å². The molecule has 260 valence electrons. The lowest BCUT2D eigenvalue weighted by molar-refractivity contribution is 0.318. The Bertz CT molecular complexity index is 1470. The minimum Gasteiger partial charge on any atom is -0.397 e. The van der Waals surface area contributed by atoms with Crippen molar-refractivity contribution in [2.24, 2.45) is 15.0 Å². The van der Waals surface area contributed by atoms with E-state index < -0.39 is 0 Å². The maximum atomic E-state index is 7.57. The Morgan fingerprint density at radius 2 is 0.750 bits per heavy atom. The average molecular weight is 704 g/mol. The van der Waals surface area contributed by atoms with Gasteiger partial charge in [0.05, 0.1) is 31.7 Å². The lowest BCUT2D eigenvalue weighted by atomic mass is 9.87. The van der Waals surface area contributed by atoms with E-state index in [0.29, 0.717) is 0 Å². The predicted molar refractivity (Wildman–Crippen MR) is 220 cm³/mol. The average Bonchev–Trinajstić information content (AvgIpc) is 3.01. The molecule has 1 N–H and O–H groups in total. The Morgan fingerprint density at radius 3 is 0.958 bits per heavy atom. The van der Waals surface area contributed by atoms with E-state index in [4.69, 9.17) is 20.1 Å². The van der Waals surface area contributed by atoms with E-state index in [2.05, 4.69) is 136 Å². The highest BCUT2D eigenvalue weighted by Gasteiger charge is 2.29. The van der Waals surface area contributed by atoms with Gasteiger partial charge in [-0.05, 0) is 141 Å². The lowest BCUT2D eigenvalue weighted by Gasteiger charge is -2.29. The number of rotatable bonds is 0. The molecule has 3 aliphatic heterocycles. The summed E-state index contributed by atoms with van der Waals surface area (Å²) in [6.07, 6.45) is 9.47. The number of aliphatic hydroxyl groups excluding tert-OH is 1. The molecule has 0 saturated heterocycles. The quantitative estimate of drug-likeness (QED) is 0.253. The van der Waals surface area contributed by atoms with Crippen molar-refractivity contribution in [2.45, 2.75) is 105 Å². The summed E-state index contributed by atoms with van der Waals surface area (Å²) < 4.78 is 0. The third-order valence-electron chi connectivity index (χ3n) is 8.54. The zero-order valence-electron chi connectivity index (χ0n) is 31.5. The van der Waals surface area contributed by atoms with E-state index >= 15 is 0 Å². The molecule has 0 bridgehead atoms. The number of fused-ring (bicyclic) bond motifs is 3. The standard InChI is InChI=1S/3C13H17NS.C2H6O/c3*1-9-6-5-7-10-11(9)8-13(2,3)14-12(10)15-4;1-2-3/h3*5-7H,8H2,1-4H3;3H,2H2,1H3. The molecule has 0 atom stereocenters. The van der Waals surface area contributed by atoms with Crippen molar-refractivity contribution in [1.29, 1.82) is 0 Å². The lowest BCUT2D eigenvalue weighted by Crippen LogP contribution is -2.28. The number of aliphatic imine (C=N–C) groups is 3. The second-order valence-corrected chi connectivity index (χ2v) is 16.8. The Balaban J connectivity index is 0.000000187. The van der Waals surface area contributed by atoms with Crippen LogP contribution in [0.15, 0.2) is 69.6 Å². The monoisotopic (exact) mass is 703 g/mol. The van der Waals surface area contributed by atoms with E-state index in [1.54, 1.807) is 42.2 Å². The number of thioether (sulfide) groups is 3. The number of benzene rings is 3. The summed E-state index contributed by atoms with van der Waals surface area (Å²) in [7, 11) is 0. The highest BCUT2D eigenvalue weighted by molar-refractivity contribution is 8.14. The van der Waals surface area contributed by atoms with E-state index in [1.807, 2.05) is 0 Å². The van der Waals surface area contributed by atoms with Crippen LogP contribution in [0.4, 0.5) is 0 Å². The first-order valence-electron chi connectivity index (χ1n) is 16.8. The van der Waals surface area contributed by atoms with E-state index in [0.717, 1.165) is 19.3 Å². The van der Waals surface area contributed by atoms with Gasteiger partial charge in [0, 0.05) is 23.3 Å². The molecule has 0 aliphatic carbocycles. The molecule has 0 fully saturated rings. The molecule has 3 heterocycles. The van der Waals surface area contributed by atoms with Crippen molar-refractivity contribution < 1.29 is 5.11 Å². The van der Waals surface area contributed by atoms with Gasteiger partial charge in [-0.15, -0.1) is 35.3 Å². The fourth-order valence-electron chi connectivity index (χ4n) is 6.30. The van der Waals surface area contributed by atoms with Crippen LogP contribution in [0, 0.1) is 20.8 Å². The van der Waals surface area contributed by atoms with Gasteiger partial charge in [0.25, 0.3) is 0 Å². The third-order valence-corrected chi connectivity index (χ3v) is 10.6. The molecule has 6 rings (SSSR count). The molecule has 4 nitrogen and oxygen atoms in total. The number of hydrogen-bond donors (Lipinski definition) is 1. The number of aryl methyl sites for hydroxylation is 3. The molecular formula is C41H57N3OS3. The normalized spacial score (nSPS) is 17.5. The molecule has 0 saturated carbocycles. The summed E-state index contributed by atoms with van der Waals surface area (Å²) in [5.41, 5.74) is 12.8. The van der Waals surface area contributed by atoms with Crippen LogP contribution in [0.2, 0.25) is 0 Å². The van der Waals surface area contributed by atoms with Crippen molar-refractivity contribution in [1.82, 2.24) is 0 Å². The molecule has 7 heteroatoms. The maximum Gasteiger partial charge on any atom is 0.0983 e. The largest absolute Gasteiger partial charge is 0.397 e. The topological polar surface area (TPSA) is 57.3 Å². The van der Waals surface area contributed by atoms with Gasteiger partial charge in [-0.3, -0.25) is 15.0 Å². The van der Waals surface area contributed by atoms with Crippen molar-refractivity contribution in [2.75, 3.05) is 25.4 Å². The van der Waals surface area contributed by atoms with Gasteiger partial charge < -0.3 is 5.11 Å². The molecule has 0 radical (unpaired) electrons.